The average molecular weight is 423 g/mol. The molecular weight excluding hydrogens is 404 g/mol. The summed E-state index contributed by atoms with van der Waals surface area (Å²) in [4.78, 5) is 0. The summed E-state index contributed by atoms with van der Waals surface area (Å²) in [6.45, 7) is 2.14. The van der Waals surface area contributed by atoms with Gasteiger partial charge in [0, 0.05) is 21.8 Å². The molecule has 1 aliphatic rings. The molecule has 1 aliphatic heterocycles. The van der Waals surface area contributed by atoms with E-state index in [2.05, 4.69) is 16.3 Å². The molecule has 0 spiro atoms. The van der Waals surface area contributed by atoms with Crippen molar-refractivity contribution < 1.29 is 14.2 Å². The SMILES string of the molecule is COc1ccc([C@H]2C(C#N)=C(N)Oc3n[nH]c(C)c32)cc1COc1cccc(Cl)c1. The number of rotatable bonds is 5. The lowest BCUT2D eigenvalue weighted by Crippen LogP contribution is -2.21. The maximum Gasteiger partial charge on any atom is 0.244 e. The van der Waals surface area contributed by atoms with Crippen LogP contribution in [-0.2, 0) is 6.61 Å². The largest absolute Gasteiger partial charge is 0.496 e. The van der Waals surface area contributed by atoms with E-state index in [1.807, 2.05) is 37.3 Å². The van der Waals surface area contributed by atoms with Gasteiger partial charge in [-0.3, -0.25) is 5.10 Å². The maximum absolute atomic E-state index is 9.73. The Balaban J connectivity index is 1.74. The second-order valence-corrected chi connectivity index (χ2v) is 7.25. The lowest BCUT2D eigenvalue weighted by Gasteiger charge is -2.24. The van der Waals surface area contributed by atoms with Gasteiger partial charge in [0.05, 0.1) is 13.0 Å². The minimum atomic E-state index is -0.409. The van der Waals surface area contributed by atoms with E-state index in [-0.39, 0.29) is 12.5 Å². The Hall–Kier alpha value is -3.63. The highest BCUT2D eigenvalue weighted by molar-refractivity contribution is 6.30. The molecule has 7 nitrogen and oxygen atoms in total. The van der Waals surface area contributed by atoms with Crippen LogP contribution in [0.15, 0.2) is 53.9 Å². The van der Waals surface area contributed by atoms with Gasteiger partial charge in [-0.15, -0.1) is 5.10 Å². The standard InChI is InChI=1S/C22H19ClN4O3/c1-12-19-20(17(10-24)21(25)30-22(19)27-26-12)13-6-7-18(28-2)14(8-13)11-29-16-5-3-4-15(23)9-16/h3-9,20H,11,25H2,1-2H3,(H,26,27)/t20-/m0/s1. The number of allylic oxidation sites excluding steroid dienone is 1. The summed E-state index contributed by atoms with van der Waals surface area (Å²) in [7, 11) is 1.60. The van der Waals surface area contributed by atoms with Gasteiger partial charge in [-0.1, -0.05) is 23.7 Å². The highest BCUT2D eigenvalue weighted by Crippen LogP contribution is 2.43. The van der Waals surface area contributed by atoms with E-state index in [1.165, 1.54) is 0 Å². The molecule has 0 radical (unpaired) electrons. The van der Waals surface area contributed by atoms with Gasteiger partial charge in [0.25, 0.3) is 0 Å². The number of ether oxygens (including phenoxy) is 3. The van der Waals surface area contributed by atoms with Gasteiger partial charge in [0.2, 0.25) is 11.8 Å². The summed E-state index contributed by atoms with van der Waals surface area (Å²) in [5.74, 6) is 1.34. The summed E-state index contributed by atoms with van der Waals surface area (Å²) in [6, 6.07) is 15.1. The first-order valence-electron chi connectivity index (χ1n) is 9.19. The van der Waals surface area contributed by atoms with Crippen molar-refractivity contribution in [1.82, 2.24) is 10.2 Å². The molecular formula is C22H19ClN4O3. The fraction of sp³-hybridized carbons (Fsp3) is 0.182. The van der Waals surface area contributed by atoms with Crippen molar-refractivity contribution in [2.45, 2.75) is 19.4 Å². The molecule has 8 heteroatoms. The van der Waals surface area contributed by atoms with E-state index in [0.29, 0.717) is 28.0 Å². The number of hydrogen-bond acceptors (Lipinski definition) is 6. The van der Waals surface area contributed by atoms with E-state index in [1.54, 1.807) is 19.2 Å². The minimum Gasteiger partial charge on any atom is -0.496 e. The molecule has 2 heterocycles. The number of nitrogens with two attached hydrogens (primary N) is 1. The number of nitrogens with one attached hydrogen (secondary N) is 1. The molecule has 3 aromatic rings. The second kappa shape index (κ2) is 8.01. The molecule has 0 aliphatic carbocycles. The monoisotopic (exact) mass is 422 g/mol. The third kappa shape index (κ3) is 3.53. The third-order valence-corrected chi connectivity index (χ3v) is 5.19. The first-order chi connectivity index (χ1) is 14.5. The van der Waals surface area contributed by atoms with Crippen molar-refractivity contribution >= 4 is 11.6 Å². The van der Waals surface area contributed by atoms with Crippen molar-refractivity contribution in [1.29, 1.82) is 5.26 Å². The van der Waals surface area contributed by atoms with E-state index in [4.69, 9.17) is 31.5 Å². The van der Waals surface area contributed by atoms with Crippen LogP contribution in [0.1, 0.15) is 28.3 Å². The first kappa shape index (κ1) is 19.7. The molecule has 0 saturated carbocycles. The second-order valence-electron chi connectivity index (χ2n) is 6.81. The van der Waals surface area contributed by atoms with Crippen LogP contribution < -0.4 is 19.9 Å². The van der Waals surface area contributed by atoms with Crippen LogP contribution in [-0.4, -0.2) is 17.3 Å². The zero-order chi connectivity index (χ0) is 21.3. The molecule has 152 valence electrons. The Labute approximate surface area is 178 Å². The summed E-state index contributed by atoms with van der Waals surface area (Å²) < 4.78 is 16.9. The number of halogens is 1. The van der Waals surface area contributed by atoms with Crippen LogP contribution in [0.3, 0.4) is 0 Å². The van der Waals surface area contributed by atoms with Gasteiger partial charge >= 0.3 is 0 Å². The molecule has 4 rings (SSSR count). The molecule has 0 bridgehead atoms. The molecule has 2 aromatic carbocycles. The number of H-pyrrole nitrogens is 1. The summed E-state index contributed by atoms with van der Waals surface area (Å²) in [6.07, 6.45) is 0. The maximum atomic E-state index is 9.73. The quantitative estimate of drug-likeness (QED) is 0.638. The summed E-state index contributed by atoms with van der Waals surface area (Å²) in [5.41, 5.74) is 9.60. The van der Waals surface area contributed by atoms with Crippen LogP contribution in [0.2, 0.25) is 5.02 Å². The predicted molar refractivity (Wildman–Crippen MR) is 111 cm³/mol. The summed E-state index contributed by atoms with van der Waals surface area (Å²) >= 11 is 6.04. The average Bonchev–Trinajstić information content (AvgIpc) is 3.11. The highest BCUT2D eigenvalue weighted by Gasteiger charge is 2.34. The highest BCUT2D eigenvalue weighted by atomic mass is 35.5. The third-order valence-electron chi connectivity index (χ3n) is 4.96. The van der Waals surface area contributed by atoms with Gasteiger partial charge in [0.15, 0.2) is 0 Å². The number of aryl methyl sites for hydroxylation is 1. The number of hydrogen-bond donors (Lipinski definition) is 2. The van der Waals surface area contributed by atoms with Crippen LogP contribution in [0.5, 0.6) is 17.4 Å². The molecule has 0 fully saturated rings. The smallest absolute Gasteiger partial charge is 0.244 e. The number of aromatic amines is 1. The van der Waals surface area contributed by atoms with Crippen LogP contribution in [0.25, 0.3) is 0 Å². The van der Waals surface area contributed by atoms with Crippen molar-refractivity contribution in [2.24, 2.45) is 5.73 Å². The van der Waals surface area contributed by atoms with E-state index >= 15 is 0 Å². The van der Waals surface area contributed by atoms with Gasteiger partial charge in [-0.2, -0.15) is 5.26 Å². The Bertz CT molecular complexity index is 1180. The van der Waals surface area contributed by atoms with E-state index in [9.17, 15) is 5.26 Å². The van der Waals surface area contributed by atoms with Gasteiger partial charge in [-0.05, 0) is 42.8 Å². The molecule has 30 heavy (non-hydrogen) atoms. The molecule has 0 saturated heterocycles. The van der Waals surface area contributed by atoms with Gasteiger partial charge in [0.1, 0.15) is 29.7 Å². The zero-order valence-corrected chi connectivity index (χ0v) is 17.2. The fourth-order valence-corrected chi connectivity index (χ4v) is 3.72. The minimum absolute atomic E-state index is 0.0500. The Kier molecular flexibility index (Phi) is 5.25. The summed E-state index contributed by atoms with van der Waals surface area (Å²) in [5, 5.41) is 17.4. The molecule has 0 unspecified atom stereocenters. The van der Waals surface area contributed by atoms with Crippen molar-refractivity contribution in [3.63, 3.8) is 0 Å². The van der Waals surface area contributed by atoms with Crippen LogP contribution >= 0.6 is 11.6 Å². The zero-order valence-electron chi connectivity index (χ0n) is 16.4. The molecule has 0 amide bonds. The Morgan fingerprint density at radius 3 is 2.87 bits per heavy atom. The number of nitriles is 1. The Morgan fingerprint density at radius 2 is 2.13 bits per heavy atom. The molecule has 1 atom stereocenters. The Morgan fingerprint density at radius 1 is 1.30 bits per heavy atom. The predicted octanol–water partition coefficient (Wildman–Crippen LogP) is 4.18. The fourth-order valence-electron chi connectivity index (χ4n) is 3.54. The first-order valence-corrected chi connectivity index (χ1v) is 9.57. The number of fused-ring (bicyclic) bond motifs is 1. The molecule has 3 N–H and O–H groups in total. The number of benzene rings is 2. The lowest BCUT2D eigenvalue weighted by molar-refractivity contribution is 0.296. The number of methoxy groups -OCH3 is 1. The van der Waals surface area contributed by atoms with Crippen LogP contribution in [0.4, 0.5) is 0 Å². The van der Waals surface area contributed by atoms with Gasteiger partial charge in [-0.25, -0.2) is 0 Å². The van der Waals surface area contributed by atoms with E-state index in [0.717, 1.165) is 22.4 Å². The van der Waals surface area contributed by atoms with Crippen molar-refractivity contribution in [3.8, 4) is 23.4 Å². The van der Waals surface area contributed by atoms with E-state index < -0.39 is 5.92 Å². The van der Waals surface area contributed by atoms with Crippen molar-refractivity contribution in [3.05, 3.63) is 81.3 Å². The van der Waals surface area contributed by atoms with Gasteiger partial charge < -0.3 is 19.9 Å². The van der Waals surface area contributed by atoms with Crippen molar-refractivity contribution in [2.75, 3.05) is 7.11 Å². The number of aromatic nitrogens is 2. The molecule has 1 aromatic heterocycles. The van der Waals surface area contributed by atoms with Crippen LogP contribution in [0, 0.1) is 18.3 Å². The lowest BCUT2D eigenvalue weighted by atomic mass is 9.83. The number of nitrogens with zero attached hydrogens (tertiary/aromatic N) is 2. The normalized spacial score (nSPS) is 15.2. The topological polar surface area (TPSA) is 106 Å².